The van der Waals surface area contributed by atoms with Crippen LogP contribution in [0.25, 0.3) is 0 Å². The Kier molecular flexibility index (Phi) is 8.80. The van der Waals surface area contributed by atoms with Crippen LogP contribution in [-0.4, -0.2) is 32.8 Å². The maximum absolute atomic E-state index is 5.95. The lowest BCUT2D eigenvalue weighted by molar-refractivity contribution is -0.910. The first-order chi connectivity index (χ1) is 12.3. The van der Waals surface area contributed by atoms with Gasteiger partial charge in [0.1, 0.15) is 26.2 Å². The van der Waals surface area contributed by atoms with Crippen LogP contribution in [0.3, 0.4) is 0 Å². The van der Waals surface area contributed by atoms with E-state index in [2.05, 4.69) is 42.7 Å². The Labute approximate surface area is 155 Å². The van der Waals surface area contributed by atoms with Crippen LogP contribution in [-0.2, 0) is 13.2 Å². The lowest BCUT2D eigenvalue weighted by atomic mass is 10.2. The molecule has 1 aromatic carbocycles. The SMILES string of the molecule is CCOc1cc(C[NH2+]CC[NH+](CC)CC)ccc1OCc1cccs1. The zero-order valence-corrected chi connectivity index (χ0v) is 16.5. The molecule has 2 rings (SSSR count). The number of nitrogens with one attached hydrogen (secondary N) is 1. The van der Waals surface area contributed by atoms with Gasteiger partial charge in [-0.25, -0.2) is 0 Å². The Morgan fingerprint density at radius 2 is 1.88 bits per heavy atom. The van der Waals surface area contributed by atoms with Crippen LogP contribution in [0.15, 0.2) is 35.7 Å². The molecule has 0 radical (unpaired) electrons. The summed E-state index contributed by atoms with van der Waals surface area (Å²) in [4.78, 5) is 2.88. The van der Waals surface area contributed by atoms with Crippen molar-refractivity contribution < 1.29 is 19.7 Å². The van der Waals surface area contributed by atoms with Gasteiger partial charge in [-0.05, 0) is 50.4 Å². The van der Waals surface area contributed by atoms with E-state index in [4.69, 9.17) is 9.47 Å². The summed E-state index contributed by atoms with van der Waals surface area (Å²) in [6, 6.07) is 10.4. The Morgan fingerprint density at radius 1 is 1.04 bits per heavy atom. The van der Waals surface area contributed by atoms with Gasteiger partial charge in [-0.2, -0.15) is 0 Å². The summed E-state index contributed by atoms with van der Waals surface area (Å²) in [6.07, 6.45) is 0. The van der Waals surface area contributed by atoms with Gasteiger partial charge in [-0.1, -0.05) is 6.07 Å². The number of quaternary nitrogens is 2. The van der Waals surface area contributed by atoms with Gasteiger partial charge in [-0.15, -0.1) is 11.3 Å². The van der Waals surface area contributed by atoms with Crippen LogP contribution < -0.4 is 19.7 Å². The van der Waals surface area contributed by atoms with Crippen molar-refractivity contribution >= 4 is 11.3 Å². The van der Waals surface area contributed by atoms with Gasteiger partial charge in [0.25, 0.3) is 0 Å². The van der Waals surface area contributed by atoms with E-state index in [-0.39, 0.29) is 0 Å². The molecule has 138 valence electrons. The molecule has 0 bridgehead atoms. The largest absolute Gasteiger partial charge is 0.490 e. The molecule has 0 saturated carbocycles. The number of ether oxygens (including phenoxy) is 2. The van der Waals surface area contributed by atoms with Crippen LogP contribution >= 0.6 is 11.3 Å². The van der Waals surface area contributed by atoms with Crippen LogP contribution in [0.4, 0.5) is 0 Å². The van der Waals surface area contributed by atoms with E-state index >= 15 is 0 Å². The maximum atomic E-state index is 5.95. The second-order valence-electron chi connectivity index (χ2n) is 6.07. The molecule has 5 heteroatoms. The molecular formula is C20H32N2O2S+2. The Morgan fingerprint density at radius 3 is 2.56 bits per heavy atom. The minimum absolute atomic E-state index is 0.593. The van der Waals surface area contributed by atoms with E-state index in [1.165, 1.54) is 30.1 Å². The number of hydrogen-bond donors (Lipinski definition) is 2. The van der Waals surface area contributed by atoms with Gasteiger partial charge in [0.05, 0.1) is 19.7 Å². The highest BCUT2D eigenvalue weighted by molar-refractivity contribution is 7.09. The molecule has 0 saturated heterocycles. The minimum Gasteiger partial charge on any atom is -0.490 e. The van der Waals surface area contributed by atoms with E-state index in [1.54, 1.807) is 16.2 Å². The second kappa shape index (κ2) is 11.1. The average Bonchev–Trinajstić information content (AvgIpc) is 3.15. The third-order valence-corrected chi connectivity index (χ3v) is 5.19. The fraction of sp³-hybridized carbons (Fsp3) is 0.500. The fourth-order valence-corrected chi connectivity index (χ4v) is 3.41. The molecule has 3 N–H and O–H groups in total. The fourth-order valence-electron chi connectivity index (χ4n) is 2.79. The standard InChI is InChI=1S/C20H30N2O2S/c1-4-22(5-2)12-11-21-15-17-9-10-19(20(14-17)23-6-3)24-16-18-8-7-13-25-18/h7-10,13-14,21H,4-6,11-12,15-16H2,1-3H3/p+2. The summed E-state index contributed by atoms with van der Waals surface area (Å²) < 4.78 is 11.7. The molecule has 0 aliphatic rings. The zero-order valence-electron chi connectivity index (χ0n) is 15.7. The van der Waals surface area contributed by atoms with Gasteiger partial charge in [-0.3, -0.25) is 0 Å². The van der Waals surface area contributed by atoms with Crippen LogP contribution in [0, 0.1) is 0 Å². The van der Waals surface area contributed by atoms with Crippen molar-refractivity contribution in [3.05, 3.63) is 46.2 Å². The minimum atomic E-state index is 0.593. The van der Waals surface area contributed by atoms with E-state index in [1.807, 2.05) is 19.1 Å². The third kappa shape index (κ3) is 6.69. The highest BCUT2D eigenvalue weighted by Gasteiger charge is 2.09. The van der Waals surface area contributed by atoms with Gasteiger partial charge in [0.15, 0.2) is 11.5 Å². The highest BCUT2D eigenvalue weighted by atomic mass is 32.1. The van der Waals surface area contributed by atoms with E-state index in [0.29, 0.717) is 13.2 Å². The molecule has 0 fully saturated rings. The highest BCUT2D eigenvalue weighted by Crippen LogP contribution is 2.29. The number of nitrogens with two attached hydrogens (primary N) is 1. The molecule has 0 aliphatic carbocycles. The summed E-state index contributed by atoms with van der Waals surface area (Å²) in [5.41, 5.74) is 1.28. The molecule has 4 nitrogen and oxygen atoms in total. The number of rotatable bonds is 12. The smallest absolute Gasteiger partial charge is 0.161 e. The van der Waals surface area contributed by atoms with Crippen LogP contribution in [0.2, 0.25) is 0 Å². The van der Waals surface area contributed by atoms with E-state index < -0.39 is 0 Å². The number of hydrogen-bond acceptors (Lipinski definition) is 3. The summed E-state index contributed by atoms with van der Waals surface area (Å²) in [5, 5.41) is 4.45. The van der Waals surface area contributed by atoms with E-state index in [0.717, 1.165) is 24.6 Å². The summed E-state index contributed by atoms with van der Waals surface area (Å²) in [6.45, 7) is 13.5. The normalized spacial score (nSPS) is 11.0. The Bertz CT molecular complexity index is 598. The molecule has 1 heterocycles. The predicted molar refractivity (Wildman–Crippen MR) is 104 cm³/mol. The van der Waals surface area contributed by atoms with Crippen molar-refractivity contribution in [2.45, 2.75) is 33.9 Å². The molecule has 0 spiro atoms. The Hall–Kier alpha value is -1.56. The van der Waals surface area contributed by atoms with Crippen molar-refractivity contribution in [3.8, 4) is 11.5 Å². The monoisotopic (exact) mass is 364 g/mol. The lowest BCUT2D eigenvalue weighted by Gasteiger charge is -2.15. The molecule has 0 amide bonds. The van der Waals surface area contributed by atoms with Crippen molar-refractivity contribution in [2.24, 2.45) is 0 Å². The molecule has 0 aliphatic heterocycles. The van der Waals surface area contributed by atoms with Gasteiger partial charge in [0.2, 0.25) is 0 Å². The topological polar surface area (TPSA) is 39.5 Å². The van der Waals surface area contributed by atoms with Crippen molar-refractivity contribution in [1.29, 1.82) is 0 Å². The van der Waals surface area contributed by atoms with Crippen LogP contribution in [0.1, 0.15) is 31.2 Å². The van der Waals surface area contributed by atoms with Crippen molar-refractivity contribution in [1.82, 2.24) is 0 Å². The predicted octanol–water partition coefficient (Wildman–Crippen LogP) is 1.71. The second-order valence-corrected chi connectivity index (χ2v) is 7.10. The maximum Gasteiger partial charge on any atom is 0.161 e. The summed E-state index contributed by atoms with van der Waals surface area (Å²) >= 11 is 1.71. The molecular weight excluding hydrogens is 332 g/mol. The number of benzene rings is 1. The molecule has 2 aromatic rings. The van der Waals surface area contributed by atoms with Crippen molar-refractivity contribution in [3.63, 3.8) is 0 Å². The summed E-state index contributed by atoms with van der Waals surface area (Å²) in [7, 11) is 0. The molecule has 25 heavy (non-hydrogen) atoms. The Balaban J connectivity index is 1.88. The first kappa shape index (κ1) is 19.8. The van der Waals surface area contributed by atoms with E-state index in [9.17, 15) is 0 Å². The summed E-state index contributed by atoms with van der Waals surface area (Å²) in [5.74, 6) is 1.67. The average molecular weight is 365 g/mol. The molecule has 1 aromatic heterocycles. The third-order valence-electron chi connectivity index (χ3n) is 4.34. The number of thiophene rings is 1. The molecule has 0 atom stereocenters. The van der Waals surface area contributed by atoms with Gasteiger partial charge in [0, 0.05) is 10.4 Å². The zero-order chi connectivity index (χ0) is 17.9. The molecule has 0 unspecified atom stereocenters. The van der Waals surface area contributed by atoms with Gasteiger partial charge >= 0.3 is 0 Å². The first-order valence-corrected chi connectivity index (χ1v) is 10.2. The first-order valence-electron chi connectivity index (χ1n) is 9.32. The van der Waals surface area contributed by atoms with Crippen molar-refractivity contribution in [2.75, 3.05) is 32.8 Å². The quantitative estimate of drug-likeness (QED) is 0.563. The van der Waals surface area contributed by atoms with Crippen LogP contribution in [0.5, 0.6) is 11.5 Å². The van der Waals surface area contributed by atoms with Gasteiger partial charge < -0.3 is 19.7 Å². The number of likely N-dealkylation sites (N-methyl/N-ethyl adjacent to an activating group) is 1. The lowest BCUT2D eigenvalue weighted by Crippen LogP contribution is -3.14.